The van der Waals surface area contributed by atoms with E-state index in [1.54, 1.807) is 7.05 Å². The molecule has 1 aromatic carbocycles. The van der Waals surface area contributed by atoms with Crippen LogP contribution in [0.5, 0.6) is 0 Å². The monoisotopic (exact) mass is 294 g/mol. The largest absolute Gasteiger partial charge is 0.383 e. The van der Waals surface area contributed by atoms with Crippen molar-refractivity contribution in [3.05, 3.63) is 29.3 Å². The fourth-order valence-corrected chi connectivity index (χ4v) is 2.73. The second-order valence-corrected chi connectivity index (χ2v) is 6.01. The quantitative estimate of drug-likeness (QED) is 0.897. The van der Waals surface area contributed by atoms with Gasteiger partial charge in [-0.15, -0.1) is 11.3 Å². The summed E-state index contributed by atoms with van der Waals surface area (Å²) in [5.74, 6) is -0.508. The molecule has 5 nitrogen and oxygen atoms in total. The number of aromatic nitrogens is 1. The van der Waals surface area contributed by atoms with Gasteiger partial charge in [0.1, 0.15) is 11.1 Å². The van der Waals surface area contributed by atoms with Gasteiger partial charge in [0.15, 0.2) is 6.10 Å². The van der Waals surface area contributed by atoms with Crippen LogP contribution in [0.2, 0.25) is 0 Å². The molecule has 2 unspecified atom stereocenters. The van der Waals surface area contributed by atoms with Crippen molar-refractivity contribution in [3.8, 4) is 0 Å². The van der Waals surface area contributed by atoms with Crippen LogP contribution in [0.15, 0.2) is 24.3 Å². The van der Waals surface area contributed by atoms with Crippen LogP contribution in [0.4, 0.5) is 0 Å². The molecule has 0 aliphatic rings. The molecule has 0 fully saturated rings. The van der Waals surface area contributed by atoms with Gasteiger partial charge in [-0.2, -0.15) is 0 Å². The summed E-state index contributed by atoms with van der Waals surface area (Å²) in [6, 6.07) is 7.41. The first-order valence-corrected chi connectivity index (χ1v) is 7.21. The number of thiazole rings is 1. The lowest BCUT2D eigenvalue weighted by atomic mass is 10.1. The number of nitrogens with zero attached hydrogens (tertiary/aromatic N) is 2. The third-order valence-electron chi connectivity index (χ3n) is 3.24. The van der Waals surface area contributed by atoms with E-state index in [0.29, 0.717) is 5.01 Å². The van der Waals surface area contributed by atoms with Gasteiger partial charge in [-0.1, -0.05) is 12.1 Å². The Labute approximate surface area is 121 Å². The van der Waals surface area contributed by atoms with Crippen molar-refractivity contribution in [3.63, 3.8) is 0 Å². The summed E-state index contributed by atoms with van der Waals surface area (Å²) in [5.41, 5.74) is 0.753. The van der Waals surface area contributed by atoms with Crippen LogP contribution in [0.3, 0.4) is 0 Å². The Bertz CT molecular complexity index is 578. The molecule has 0 bridgehead atoms. The topological polar surface area (TPSA) is 73.7 Å². The second kappa shape index (κ2) is 5.87. The van der Waals surface area contributed by atoms with Crippen molar-refractivity contribution >= 4 is 27.5 Å². The van der Waals surface area contributed by atoms with Gasteiger partial charge < -0.3 is 15.1 Å². The van der Waals surface area contributed by atoms with E-state index in [-0.39, 0.29) is 6.04 Å². The number of benzene rings is 1. The van der Waals surface area contributed by atoms with E-state index < -0.39 is 18.1 Å². The van der Waals surface area contributed by atoms with E-state index in [1.165, 1.54) is 16.2 Å². The van der Waals surface area contributed by atoms with Crippen LogP contribution in [0.1, 0.15) is 25.0 Å². The number of para-hydroxylation sites is 1. The molecular weight excluding hydrogens is 276 g/mol. The second-order valence-electron chi connectivity index (χ2n) is 4.95. The average Bonchev–Trinajstić information content (AvgIpc) is 2.87. The van der Waals surface area contributed by atoms with Crippen molar-refractivity contribution < 1.29 is 15.0 Å². The normalized spacial score (nSPS) is 14.5. The maximum absolute atomic E-state index is 12.0. The number of aliphatic hydroxyl groups is 2. The zero-order valence-corrected chi connectivity index (χ0v) is 12.5. The number of aliphatic hydroxyl groups excluding tert-OH is 2. The van der Waals surface area contributed by atoms with Crippen LogP contribution in [-0.2, 0) is 4.79 Å². The van der Waals surface area contributed by atoms with Crippen molar-refractivity contribution in [2.75, 3.05) is 7.05 Å². The summed E-state index contributed by atoms with van der Waals surface area (Å²) in [6.45, 7) is 3.68. The van der Waals surface area contributed by atoms with E-state index in [1.807, 2.05) is 38.1 Å². The molecule has 6 heteroatoms. The van der Waals surface area contributed by atoms with Gasteiger partial charge in [-0.25, -0.2) is 4.98 Å². The lowest BCUT2D eigenvalue weighted by Crippen LogP contribution is -2.43. The SMILES string of the molecule is CC(C)N(C)C(=O)C(O)C(O)c1nc2ccccc2s1. The van der Waals surface area contributed by atoms with Crippen LogP contribution in [-0.4, -0.2) is 45.2 Å². The number of amides is 1. The molecule has 0 spiro atoms. The molecule has 1 heterocycles. The molecule has 0 saturated heterocycles. The lowest BCUT2D eigenvalue weighted by Gasteiger charge is -2.25. The third kappa shape index (κ3) is 2.82. The van der Waals surface area contributed by atoms with E-state index >= 15 is 0 Å². The fraction of sp³-hybridized carbons (Fsp3) is 0.429. The van der Waals surface area contributed by atoms with Gasteiger partial charge in [0.2, 0.25) is 0 Å². The number of rotatable bonds is 4. The summed E-state index contributed by atoms with van der Waals surface area (Å²) in [6.07, 6.45) is -2.80. The first-order chi connectivity index (χ1) is 9.41. The molecule has 108 valence electrons. The van der Waals surface area contributed by atoms with E-state index in [9.17, 15) is 15.0 Å². The summed E-state index contributed by atoms with van der Waals surface area (Å²) in [5, 5.41) is 20.5. The standard InChI is InChI=1S/C14H18N2O3S/c1-8(2)16(3)14(19)12(18)11(17)13-15-9-6-4-5-7-10(9)20-13/h4-8,11-12,17-18H,1-3H3. The summed E-state index contributed by atoms with van der Waals surface area (Å²) in [4.78, 5) is 17.7. The smallest absolute Gasteiger partial charge is 0.254 e. The summed E-state index contributed by atoms with van der Waals surface area (Å²) >= 11 is 1.28. The van der Waals surface area contributed by atoms with Gasteiger partial charge in [-0.3, -0.25) is 4.79 Å². The van der Waals surface area contributed by atoms with E-state index in [4.69, 9.17) is 0 Å². The first kappa shape index (κ1) is 14.9. The zero-order valence-electron chi connectivity index (χ0n) is 11.6. The lowest BCUT2D eigenvalue weighted by molar-refractivity contribution is -0.146. The van der Waals surface area contributed by atoms with Crippen LogP contribution < -0.4 is 0 Å². The van der Waals surface area contributed by atoms with Gasteiger partial charge in [0, 0.05) is 13.1 Å². The Morgan fingerprint density at radius 2 is 1.95 bits per heavy atom. The fourth-order valence-electron chi connectivity index (χ4n) is 1.75. The third-order valence-corrected chi connectivity index (χ3v) is 4.34. The Morgan fingerprint density at radius 3 is 2.55 bits per heavy atom. The van der Waals surface area contributed by atoms with Gasteiger partial charge in [0.05, 0.1) is 10.2 Å². The first-order valence-electron chi connectivity index (χ1n) is 6.40. The van der Waals surface area contributed by atoms with E-state index in [0.717, 1.165) is 10.2 Å². The van der Waals surface area contributed by atoms with Crippen LogP contribution in [0, 0.1) is 0 Å². The molecule has 2 aromatic rings. The van der Waals surface area contributed by atoms with Gasteiger partial charge in [0.25, 0.3) is 5.91 Å². The highest BCUT2D eigenvalue weighted by Gasteiger charge is 2.31. The van der Waals surface area contributed by atoms with Gasteiger partial charge >= 0.3 is 0 Å². The molecule has 2 rings (SSSR count). The van der Waals surface area contributed by atoms with E-state index in [2.05, 4.69) is 4.98 Å². The molecule has 2 N–H and O–H groups in total. The Kier molecular flexibility index (Phi) is 4.37. The minimum absolute atomic E-state index is 0.0419. The molecule has 0 aliphatic heterocycles. The number of carbonyl (C=O) groups excluding carboxylic acids is 1. The summed E-state index contributed by atoms with van der Waals surface area (Å²) < 4.78 is 0.915. The average molecular weight is 294 g/mol. The number of hydrogen-bond donors (Lipinski definition) is 2. The summed E-state index contributed by atoms with van der Waals surface area (Å²) in [7, 11) is 1.60. The predicted octanol–water partition coefficient (Wildman–Crippen LogP) is 1.56. The minimum atomic E-state index is -1.50. The highest BCUT2D eigenvalue weighted by Crippen LogP contribution is 2.28. The van der Waals surface area contributed by atoms with Crippen molar-refractivity contribution in [2.24, 2.45) is 0 Å². The van der Waals surface area contributed by atoms with Crippen LogP contribution in [0.25, 0.3) is 10.2 Å². The minimum Gasteiger partial charge on any atom is -0.383 e. The van der Waals surface area contributed by atoms with Gasteiger partial charge in [-0.05, 0) is 26.0 Å². The Balaban J connectivity index is 2.21. The predicted molar refractivity (Wildman–Crippen MR) is 78.5 cm³/mol. The highest BCUT2D eigenvalue weighted by molar-refractivity contribution is 7.18. The van der Waals surface area contributed by atoms with Crippen molar-refractivity contribution in [2.45, 2.75) is 32.1 Å². The molecule has 0 aliphatic carbocycles. The Hall–Kier alpha value is -1.50. The van der Waals surface area contributed by atoms with Crippen molar-refractivity contribution in [1.29, 1.82) is 0 Å². The maximum atomic E-state index is 12.0. The number of carbonyl (C=O) groups is 1. The Morgan fingerprint density at radius 1 is 1.30 bits per heavy atom. The molecule has 20 heavy (non-hydrogen) atoms. The number of fused-ring (bicyclic) bond motifs is 1. The highest BCUT2D eigenvalue weighted by atomic mass is 32.1. The van der Waals surface area contributed by atoms with Crippen molar-refractivity contribution in [1.82, 2.24) is 9.88 Å². The molecule has 0 radical (unpaired) electrons. The molecule has 2 atom stereocenters. The molecule has 1 amide bonds. The number of hydrogen-bond acceptors (Lipinski definition) is 5. The maximum Gasteiger partial charge on any atom is 0.254 e. The van der Waals surface area contributed by atoms with Crippen LogP contribution >= 0.6 is 11.3 Å². The molecule has 0 saturated carbocycles. The number of likely N-dealkylation sites (N-methyl/N-ethyl adjacent to an activating group) is 1. The molecule has 1 aromatic heterocycles. The zero-order chi connectivity index (χ0) is 14.9. The molecular formula is C14H18N2O3S.